The lowest BCUT2D eigenvalue weighted by Crippen LogP contribution is -2.44. The highest BCUT2D eigenvalue weighted by atomic mass is 16.5. The van der Waals surface area contributed by atoms with Crippen molar-refractivity contribution in [3.8, 4) is 17.2 Å². The van der Waals surface area contributed by atoms with E-state index in [1.165, 1.54) is 0 Å². The lowest BCUT2D eigenvalue weighted by Gasteiger charge is -2.27. The summed E-state index contributed by atoms with van der Waals surface area (Å²) in [5.41, 5.74) is 0.938. The summed E-state index contributed by atoms with van der Waals surface area (Å²) in [7, 11) is 0. The van der Waals surface area contributed by atoms with E-state index < -0.39 is 0 Å². The van der Waals surface area contributed by atoms with Crippen LogP contribution in [0.15, 0.2) is 12.1 Å². The van der Waals surface area contributed by atoms with E-state index >= 15 is 0 Å². The number of fused-ring (bicyclic) bond motifs is 1. The molecule has 110 valence electrons. The number of phenols is 1. The van der Waals surface area contributed by atoms with Gasteiger partial charge in [-0.1, -0.05) is 0 Å². The van der Waals surface area contributed by atoms with Crippen LogP contribution in [0, 0.1) is 0 Å². The fourth-order valence-corrected chi connectivity index (χ4v) is 2.65. The average molecular weight is 278 g/mol. The van der Waals surface area contributed by atoms with Crippen molar-refractivity contribution in [2.24, 2.45) is 0 Å². The molecule has 0 aliphatic carbocycles. The van der Waals surface area contributed by atoms with Gasteiger partial charge in [-0.2, -0.15) is 0 Å². The van der Waals surface area contributed by atoms with Crippen molar-refractivity contribution in [2.45, 2.75) is 12.8 Å². The Labute approximate surface area is 119 Å². The van der Waals surface area contributed by atoms with E-state index in [9.17, 15) is 5.11 Å². The van der Waals surface area contributed by atoms with E-state index in [2.05, 4.69) is 10.2 Å². The topological polar surface area (TPSA) is 54.0 Å². The van der Waals surface area contributed by atoms with Gasteiger partial charge in [-0.15, -0.1) is 0 Å². The van der Waals surface area contributed by atoms with E-state index in [0.29, 0.717) is 24.7 Å². The molecular formula is C15H22N2O3. The largest absolute Gasteiger partial charge is 0.508 e. The van der Waals surface area contributed by atoms with Crippen LogP contribution in [0.3, 0.4) is 0 Å². The van der Waals surface area contributed by atoms with Crippen LogP contribution in [0.4, 0.5) is 0 Å². The molecule has 2 aliphatic rings. The van der Waals surface area contributed by atoms with E-state index in [4.69, 9.17) is 9.47 Å². The Morgan fingerprint density at radius 3 is 2.55 bits per heavy atom. The highest BCUT2D eigenvalue weighted by Crippen LogP contribution is 2.36. The number of piperazine rings is 1. The molecule has 0 atom stereocenters. The molecular weight excluding hydrogens is 256 g/mol. The van der Waals surface area contributed by atoms with Gasteiger partial charge in [-0.3, -0.25) is 0 Å². The van der Waals surface area contributed by atoms with Crippen molar-refractivity contribution in [3.63, 3.8) is 0 Å². The Bertz CT molecular complexity index is 459. The molecule has 1 fully saturated rings. The summed E-state index contributed by atoms with van der Waals surface area (Å²) in [6.45, 7) is 6.54. The quantitative estimate of drug-likeness (QED) is 0.864. The third-order valence-electron chi connectivity index (χ3n) is 3.86. The van der Waals surface area contributed by atoms with Crippen LogP contribution in [0.25, 0.3) is 0 Å². The molecule has 2 N–H and O–H groups in total. The zero-order valence-electron chi connectivity index (χ0n) is 11.7. The molecule has 0 amide bonds. The lowest BCUT2D eigenvalue weighted by atomic mass is 10.1. The first-order chi connectivity index (χ1) is 9.83. The number of nitrogens with zero attached hydrogens (tertiary/aromatic N) is 1. The van der Waals surface area contributed by atoms with Crippen LogP contribution in [-0.2, 0) is 6.42 Å². The van der Waals surface area contributed by atoms with Gasteiger partial charge in [0.25, 0.3) is 0 Å². The first kappa shape index (κ1) is 13.5. The highest BCUT2D eigenvalue weighted by molar-refractivity contribution is 5.50. The maximum atomic E-state index is 10.1. The Hall–Kier alpha value is -1.46. The molecule has 0 saturated carbocycles. The van der Waals surface area contributed by atoms with E-state index in [1.54, 1.807) is 6.07 Å². The van der Waals surface area contributed by atoms with Crippen molar-refractivity contribution in [3.05, 3.63) is 17.7 Å². The van der Waals surface area contributed by atoms with E-state index in [1.807, 2.05) is 6.07 Å². The van der Waals surface area contributed by atoms with Gasteiger partial charge < -0.3 is 24.8 Å². The Morgan fingerprint density at radius 1 is 1.10 bits per heavy atom. The van der Waals surface area contributed by atoms with Crippen molar-refractivity contribution in [1.82, 2.24) is 10.2 Å². The van der Waals surface area contributed by atoms with Crippen LogP contribution in [0.5, 0.6) is 17.2 Å². The van der Waals surface area contributed by atoms with Gasteiger partial charge >= 0.3 is 0 Å². The molecule has 20 heavy (non-hydrogen) atoms. The minimum atomic E-state index is 0.310. The molecule has 1 aromatic carbocycles. The monoisotopic (exact) mass is 278 g/mol. The summed E-state index contributed by atoms with van der Waals surface area (Å²) in [5.74, 6) is 1.73. The van der Waals surface area contributed by atoms with E-state index in [0.717, 1.165) is 56.9 Å². The molecule has 5 heteroatoms. The van der Waals surface area contributed by atoms with Gasteiger partial charge in [0.1, 0.15) is 5.75 Å². The second-order valence-corrected chi connectivity index (χ2v) is 5.32. The SMILES string of the molecule is Oc1cc2c(cc1CCN1CCNCC1)OCCCO2. The van der Waals surface area contributed by atoms with Gasteiger partial charge in [0.2, 0.25) is 0 Å². The first-order valence-corrected chi connectivity index (χ1v) is 7.37. The van der Waals surface area contributed by atoms with Crippen molar-refractivity contribution in [2.75, 3.05) is 45.9 Å². The fraction of sp³-hybridized carbons (Fsp3) is 0.600. The van der Waals surface area contributed by atoms with Crippen LogP contribution in [0.1, 0.15) is 12.0 Å². The fourth-order valence-electron chi connectivity index (χ4n) is 2.65. The third-order valence-corrected chi connectivity index (χ3v) is 3.86. The number of nitrogens with one attached hydrogen (secondary N) is 1. The van der Waals surface area contributed by atoms with Crippen molar-refractivity contribution < 1.29 is 14.6 Å². The summed E-state index contributed by atoms with van der Waals surface area (Å²) in [4.78, 5) is 2.42. The summed E-state index contributed by atoms with van der Waals surface area (Å²) in [6, 6.07) is 3.62. The predicted molar refractivity (Wildman–Crippen MR) is 76.7 cm³/mol. The standard InChI is InChI=1S/C15H22N2O3/c18-13-11-15-14(19-8-1-9-20-15)10-12(13)2-5-17-6-3-16-4-7-17/h10-11,16,18H,1-9H2. The predicted octanol–water partition coefficient (Wildman–Crippen LogP) is 1.00. The second kappa shape index (κ2) is 6.33. The number of aromatic hydroxyl groups is 1. The van der Waals surface area contributed by atoms with Crippen molar-refractivity contribution in [1.29, 1.82) is 0 Å². The zero-order valence-corrected chi connectivity index (χ0v) is 11.7. The summed E-state index contributed by atoms with van der Waals surface area (Å²) >= 11 is 0. The molecule has 0 aromatic heterocycles. The molecule has 1 saturated heterocycles. The van der Waals surface area contributed by atoms with Gasteiger partial charge in [0, 0.05) is 45.2 Å². The lowest BCUT2D eigenvalue weighted by molar-refractivity contribution is 0.243. The molecule has 0 unspecified atom stereocenters. The van der Waals surface area contributed by atoms with Crippen molar-refractivity contribution >= 4 is 0 Å². The third kappa shape index (κ3) is 3.16. The molecule has 0 spiro atoms. The van der Waals surface area contributed by atoms with Gasteiger partial charge in [-0.25, -0.2) is 0 Å². The maximum absolute atomic E-state index is 10.1. The molecule has 0 bridgehead atoms. The summed E-state index contributed by atoms with van der Waals surface area (Å²) in [5, 5.41) is 13.5. The van der Waals surface area contributed by atoms with Gasteiger partial charge in [-0.05, 0) is 18.1 Å². The zero-order chi connectivity index (χ0) is 13.8. The molecule has 3 rings (SSSR count). The molecule has 5 nitrogen and oxygen atoms in total. The molecule has 0 radical (unpaired) electrons. The molecule has 1 aromatic rings. The van der Waals surface area contributed by atoms with E-state index in [-0.39, 0.29) is 0 Å². The smallest absolute Gasteiger partial charge is 0.164 e. The van der Waals surface area contributed by atoms with Crippen LogP contribution in [0.2, 0.25) is 0 Å². The number of rotatable bonds is 3. The normalized spacial score (nSPS) is 19.6. The Morgan fingerprint density at radius 2 is 1.80 bits per heavy atom. The van der Waals surface area contributed by atoms with Crippen LogP contribution >= 0.6 is 0 Å². The number of benzene rings is 1. The first-order valence-electron chi connectivity index (χ1n) is 7.37. The van der Waals surface area contributed by atoms with Crippen LogP contribution in [-0.4, -0.2) is 55.9 Å². The highest BCUT2D eigenvalue weighted by Gasteiger charge is 2.16. The van der Waals surface area contributed by atoms with Gasteiger partial charge in [0.15, 0.2) is 11.5 Å². The maximum Gasteiger partial charge on any atom is 0.164 e. The number of hydrogen-bond acceptors (Lipinski definition) is 5. The number of ether oxygens (including phenoxy) is 2. The van der Waals surface area contributed by atoms with Crippen LogP contribution < -0.4 is 14.8 Å². The summed E-state index contributed by atoms with van der Waals surface area (Å²) in [6.07, 6.45) is 1.72. The minimum absolute atomic E-state index is 0.310. The number of phenolic OH excluding ortho intramolecular Hbond substituents is 1. The Kier molecular flexibility index (Phi) is 4.28. The van der Waals surface area contributed by atoms with Gasteiger partial charge in [0.05, 0.1) is 13.2 Å². The number of hydrogen-bond donors (Lipinski definition) is 2. The summed E-state index contributed by atoms with van der Waals surface area (Å²) < 4.78 is 11.3. The molecule has 2 heterocycles. The molecule has 2 aliphatic heterocycles. The average Bonchev–Trinajstić information content (AvgIpc) is 2.70. The second-order valence-electron chi connectivity index (χ2n) is 5.32. The minimum Gasteiger partial charge on any atom is -0.508 e. The Balaban J connectivity index is 1.67.